The number of halogens is 1. The van der Waals surface area contributed by atoms with Gasteiger partial charge in [-0.3, -0.25) is 5.43 Å². The van der Waals surface area contributed by atoms with Gasteiger partial charge in [-0.25, -0.2) is 4.79 Å². The highest BCUT2D eigenvalue weighted by molar-refractivity contribution is 6.59. The molecule has 0 radical (unpaired) electrons. The van der Waals surface area contributed by atoms with Gasteiger partial charge in [0.25, 0.3) is 0 Å². The summed E-state index contributed by atoms with van der Waals surface area (Å²) in [5.41, 5.74) is 3.11. The van der Waals surface area contributed by atoms with Crippen molar-refractivity contribution in [1.82, 2.24) is 0 Å². The second kappa shape index (κ2) is 7.29. The van der Waals surface area contributed by atoms with Gasteiger partial charge in [0.1, 0.15) is 6.21 Å². The highest BCUT2D eigenvalue weighted by atomic mass is 35.5. The van der Waals surface area contributed by atoms with Crippen LogP contribution >= 0.6 is 11.6 Å². The van der Waals surface area contributed by atoms with Crippen molar-refractivity contribution < 1.29 is 14.7 Å². The van der Waals surface area contributed by atoms with Crippen molar-refractivity contribution >= 4 is 35.2 Å². The molecule has 0 spiro atoms. The van der Waals surface area contributed by atoms with Crippen molar-refractivity contribution in [2.75, 3.05) is 12.0 Å². The number of nitrogens with one attached hydrogen (secondary N) is 1. The van der Waals surface area contributed by atoms with Crippen LogP contribution < -0.4 is 5.43 Å². The number of esters is 1. The summed E-state index contributed by atoms with van der Waals surface area (Å²) in [6.07, 6.45) is 0.890. The molecule has 6 nitrogen and oxygen atoms in total. The summed E-state index contributed by atoms with van der Waals surface area (Å²) in [5.74, 6) is -0.684. The molecule has 0 amide bonds. The van der Waals surface area contributed by atoms with Crippen LogP contribution in [0.1, 0.15) is 6.92 Å². The second-order valence-corrected chi connectivity index (χ2v) is 3.52. The lowest BCUT2D eigenvalue weighted by Crippen LogP contribution is -2.20. The third kappa shape index (κ3) is 4.42. The number of rotatable bonds is 5. The van der Waals surface area contributed by atoms with E-state index >= 15 is 0 Å². The number of ether oxygens (including phenoxy) is 1. The van der Waals surface area contributed by atoms with Crippen LogP contribution in [0.4, 0.5) is 5.69 Å². The molecule has 0 aliphatic heterocycles. The van der Waals surface area contributed by atoms with Gasteiger partial charge in [0.2, 0.25) is 0 Å². The minimum Gasteiger partial charge on any atom is -0.461 e. The first kappa shape index (κ1) is 14.0. The third-order valence-corrected chi connectivity index (χ3v) is 2.07. The van der Waals surface area contributed by atoms with E-state index in [1.807, 2.05) is 0 Å². The number of hydrogen-bond acceptors (Lipinski definition) is 6. The van der Waals surface area contributed by atoms with Crippen LogP contribution in [-0.2, 0) is 9.53 Å². The minimum atomic E-state index is -0.684. The van der Waals surface area contributed by atoms with Crippen molar-refractivity contribution in [1.29, 1.82) is 0 Å². The molecule has 18 heavy (non-hydrogen) atoms. The summed E-state index contributed by atoms with van der Waals surface area (Å²) in [4.78, 5) is 11.4. The fourth-order valence-electron chi connectivity index (χ4n) is 1.04. The molecule has 0 fully saturated rings. The monoisotopic (exact) mass is 269 g/mol. The van der Waals surface area contributed by atoms with Crippen LogP contribution in [0.2, 0.25) is 5.02 Å². The lowest BCUT2D eigenvalue weighted by molar-refractivity contribution is -0.134. The predicted octanol–water partition coefficient (Wildman–Crippen LogP) is 2.13. The normalized spacial score (nSPS) is 11.6. The first-order chi connectivity index (χ1) is 8.67. The summed E-state index contributed by atoms with van der Waals surface area (Å²) in [6, 6.07) is 6.71. The Balaban J connectivity index is 2.77. The smallest absolute Gasteiger partial charge is 0.360 e. The maximum Gasteiger partial charge on any atom is 0.360 e. The molecule has 96 valence electrons. The number of anilines is 1. The summed E-state index contributed by atoms with van der Waals surface area (Å²) in [5, 5.41) is 15.5. The molecular formula is C11H12ClN3O3. The molecule has 0 bridgehead atoms. The van der Waals surface area contributed by atoms with Crippen molar-refractivity contribution in [2.45, 2.75) is 6.92 Å². The van der Waals surface area contributed by atoms with E-state index in [1.165, 1.54) is 0 Å². The summed E-state index contributed by atoms with van der Waals surface area (Å²) in [6.45, 7) is 1.87. The van der Waals surface area contributed by atoms with E-state index in [9.17, 15) is 4.79 Å². The van der Waals surface area contributed by atoms with E-state index in [-0.39, 0.29) is 12.3 Å². The second-order valence-electron chi connectivity index (χ2n) is 3.08. The summed E-state index contributed by atoms with van der Waals surface area (Å²) < 4.78 is 4.73. The zero-order valence-corrected chi connectivity index (χ0v) is 10.4. The van der Waals surface area contributed by atoms with E-state index in [0.29, 0.717) is 10.7 Å². The van der Waals surface area contributed by atoms with Gasteiger partial charge in [-0.05, 0) is 31.2 Å². The number of oxime groups is 1. The lowest BCUT2D eigenvalue weighted by Gasteiger charge is -2.03. The van der Waals surface area contributed by atoms with Crippen LogP contribution in [-0.4, -0.2) is 29.7 Å². The SMILES string of the molecule is CCOC(=O)C(C=NO)=NNc1ccc(Cl)cc1. The Labute approximate surface area is 109 Å². The number of hydrazone groups is 1. The van der Waals surface area contributed by atoms with E-state index in [1.54, 1.807) is 31.2 Å². The molecule has 0 aliphatic rings. The van der Waals surface area contributed by atoms with Gasteiger partial charge in [0.05, 0.1) is 12.3 Å². The van der Waals surface area contributed by atoms with E-state index < -0.39 is 5.97 Å². The standard InChI is InChI=1S/C11H12ClN3O3/c1-2-18-11(16)10(7-13-17)15-14-9-5-3-8(12)4-6-9/h3-7,14,17H,2H2,1H3. The van der Waals surface area contributed by atoms with Gasteiger partial charge >= 0.3 is 5.97 Å². The maximum absolute atomic E-state index is 11.4. The molecule has 0 heterocycles. The van der Waals surface area contributed by atoms with E-state index in [4.69, 9.17) is 21.5 Å². The molecule has 0 atom stereocenters. The van der Waals surface area contributed by atoms with Crippen LogP contribution in [0.25, 0.3) is 0 Å². The highest BCUT2D eigenvalue weighted by Gasteiger charge is 2.10. The van der Waals surface area contributed by atoms with Crippen molar-refractivity contribution in [3.8, 4) is 0 Å². The zero-order chi connectivity index (χ0) is 13.4. The maximum atomic E-state index is 11.4. The van der Waals surface area contributed by atoms with Gasteiger partial charge in [0, 0.05) is 5.02 Å². The van der Waals surface area contributed by atoms with Gasteiger partial charge < -0.3 is 9.94 Å². The third-order valence-electron chi connectivity index (χ3n) is 1.81. The fraction of sp³-hybridized carbons (Fsp3) is 0.182. The Morgan fingerprint density at radius 3 is 2.72 bits per heavy atom. The Bertz CT molecular complexity index is 457. The molecule has 0 saturated heterocycles. The average molecular weight is 270 g/mol. The summed E-state index contributed by atoms with van der Waals surface area (Å²) in [7, 11) is 0. The largest absolute Gasteiger partial charge is 0.461 e. The molecule has 1 aromatic carbocycles. The minimum absolute atomic E-state index is 0.144. The van der Waals surface area contributed by atoms with Crippen molar-refractivity contribution in [3.63, 3.8) is 0 Å². The first-order valence-electron chi connectivity index (χ1n) is 5.11. The van der Waals surface area contributed by atoms with Crippen LogP contribution in [0.3, 0.4) is 0 Å². The van der Waals surface area contributed by atoms with Crippen molar-refractivity contribution in [2.24, 2.45) is 10.3 Å². The van der Waals surface area contributed by atoms with Crippen LogP contribution in [0.5, 0.6) is 0 Å². The molecule has 0 saturated carbocycles. The molecule has 7 heteroatoms. The Morgan fingerprint density at radius 2 is 2.17 bits per heavy atom. The van der Waals surface area contributed by atoms with Gasteiger partial charge in [-0.2, -0.15) is 5.10 Å². The van der Waals surface area contributed by atoms with Crippen LogP contribution in [0, 0.1) is 0 Å². The Hall–Kier alpha value is -2.08. The van der Waals surface area contributed by atoms with E-state index in [0.717, 1.165) is 6.21 Å². The molecule has 0 unspecified atom stereocenters. The van der Waals surface area contributed by atoms with Gasteiger partial charge in [0.15, 0.2) is 5.71 Å². The Kier molecular flexibility index (Phi) is 5.66. The molecule has 1 rings (SSSR count). The number of hydrogen-bond donors (Lipinski definition) is 2. The fourth-order valence-corrected chi connectivity index (χ4v) is 1.16. The van der Waals surface area contributed by atoms with Crippen molar-refractivity contribution in [3.05, 3.63) is 29.3 Å². The number of carbonyl (C=O) groups excluding carboxylic acids is 1. The topological polar surface area (TPSA) is 83.3 Å². The first-order valence-corrected chi connectivity index (χ1v) is 5.49. The molecule has 2 N–H and O–H groups in total. The molecule has 1 aromatic rings. The predicted molar refractivity (Wildman–Crippen MR) is 69.4 cm³/mol. The van der Waals surface area contributed by atoms with Crippen LogP contribution in [0.15, 0.2) is 34.5 Å². The number of benzene rings is 1. The molecule has 0 aromatic heterocycles. The number of nitrogens with zero attached hydrogens (tertiary/aromatic N) is 2. The lowest BCUT2D eigenvalue weighted by atomic mass is 10.3. The summed E-state index contributed by atoms with van der Waals surface area (Å²) >= 11 is 5.72. The number of carbonyl (C=O) groups is 1. The van der Waals surface area contributed by atoms with E-state index in [2.05, 4.69) is 15.7 Å². The molecular weight excluding hydrogens is 258 g/mol. The highest BCUT2D eigenvalue weighted by Crippen LogP contribution is 2.13. The quantitative estimate of drug-likeness (QED) is 0.371. The molecule has 0 aliphatic carbocycles. The zero-order valence-electron chi connectivity index (χ0n) is 9.63. The Morgan fingerprint density at radius 1 is 1.50 bits per heavy atom. The van der Waals surface area contributed by atoms with Gasteiger partial charge in [-0.15, -0.1) is 0 Å². The van der Waals surface area contributed by atoms with Gasteiger partial charge in [-0.1, -0.05) is 16.8 Å². The average Bonchev–Trinajstić information content (AvgIpc) is 2.36.